The molecule has 9 heteroatoms. The number of aliphatic hydroxyl groups excluding tert-OH is 1. The van der Waals surface area contributed by atoms with Gasteiger partial charge in [-0.3, -0.25) is 14.4 Å². The predicted molar refractivity (Wildman–Crippen MR) is 144 cm³/mol. The van der Waals surface area contributed by atoms with Gasteiger partial charge in [-0.15, -0.1) is 24.9 Å². The van der Waals surface area contributed by atoms with Crippen molar-refractivity contribution >= 4 is 45.4 Å². The average Bonchev–Trinajstić information content (AvgIpc) is 3.42. The number of amides is 3. The number of hydrogen-bond acceptors (Lipinski definition) is 5. The lowest BCUT2D eigenvalue weighted by Gasteiger charge is -2.40. The number of carbonyl (C=O) groups excluding carboxylic acids is 3. The molecule has 0 radical (unpaired) electrons. The van der Waals surface area contributed by atoms with Crippen molar-refractivity contribution in [2.45, 2.75) is 72.9 Å². The molecule has 3 rings (SSSR count). The van der Waals surface area contributed by atoms with Crippen LogP contribution >= 0.6 is 27.7 Å². The number of alkyl halides is 1. The Morgan fingerprint density at radius 3 is 2.51 bits per heavy atom. The fourth-order valence-electron chi connectivity index (χ4n) is 6.15. The molecule has 1 N–H and O–H groups in total. The Kier molecular flexibility index (Phi) is 9.54. The molecule has 7 atom stereocenters. The number of unbranched alkanes of at least 4 members (excludes halogenated alkanes) is 2. The normalized spacial score (nSPS) is 31.9. The van der Waals surface area contributed by atoms with Crippen LogP contribution in [0, 0.1) is 11.8 Å². The lowest BCUT2D eigenvalue weighted by atomic mass is 9.70. The summed E-state index contributed by atoms with van der Waals surface area (Å²) in [7, 11) is 1.73. The van der Waals surface area contributed by atoms with Crippen LogP contribution in [0.5, 0.6) is 0 Å². The van der Waals surface area contributed by atoms with E-state index in [0.29, 0.717) is 32.5 Å². The summed E-state index contributed by atoms with van der Waals surface area (Å²) in [5, 5.41) is 10.1. The minimum atomic E-state index is -0.712. The molecule has 7 nitrogen and oxygen atoms in total. The lowest BCUT2D eigenvalue weighted by molar-refractivity contribution is -0.146. The van der Waals surface area contributed by atoms with Crippen LogP contribution in [-0.2, 0) is 14.4 Å². The Hall–Kier alpha value is -1.32. The molecule has 0 aromatic heterocycles. The zero-order valence-corrected chi connectivity index (χ0v) is 23.6. The smallest absolute Gasteiger partial charge is 0.247 e. The van der Waals surface area contributed by atoms with Crippen LogP contribution in [0.1, 0.15) is 46.0 Å². The van der Waals surface area contributed by atoms with E-state index >= 15 is 0 Å². The molecule has 3 aliphatic rings. The van der Waals surface area contributed by atoms with E-state index < -0.39 is 28.7 Å². The van der Waals surface area contributed by atoms with Crippen LogP contribution in [0.25, 0.3) is 0 Å². The summed E-state index contributed by atoms with van der Waals surface area (Å²) >= 11 is 5.44. The van der Waals surface area contributed by atoms with E-state index in [9.17, 15) is 19.5 Å². The largest absolute Gasteiger partial charge is 0.394 e. The van der Waals surface area contributed by atoms with Crippen LogP contribution in [0.3, 0.4) is 0 Å². The van der Waals surface area contributed by atoms with Gasteiger partial charge < -0.3 is 19.8 Å². The fourth-order valence-corrected chi connectivity index (χ4v) is 9.73. The van der Waals surface area contributed by atoms with Crippen molar-refractivity contribution in [1.29, 1.82) is 0 Å². The van der Waals surface area contributed by atoms with Gasteiger partial charge in [0.2, 0.25) is 17.7 Å². The fraction of sp³-hybridized carbons (Fsp3) is 0.731. The maximum atomic E-state index is 14.2. The molecule has 2 bridgehead atoms. The van der Waals surface area contributed by atoms with Gasteiger partial charge in [0.1, 0.15) is 6.04 Å². The van der Waals surface area contributed by atoms with Crippen molar-refractivity contribution in [2.75, 3.05) is 33.3 Å². The number of nitrogens with zero attached hydrogens (tertiary/aromatic N) is 3. The van der Waals surface area contributed by atoms with E-state index in [-0.39, 0.29) is 34.4 Å². The number of likely N-dealkylation sites (tertiary alicyclic amines) is 1. The maximum Gasteiger partial charge on any atom is 0.247 e. The number of carbonyl (C=O) groups is 3. The summed E-state index contributed by atoms with van der Waals surface area (Å²) in [6.45, 7) is 12.8. The number of halogens is 1. The minimum absolute atomic E-state index is 0.0278. The monoisotopic (exact) mass is 569 g/mol. The zero-order chi connectivity index (χ0) is 25.9. The third-order valence-electron chi connectivity index (χ3n) is 7.79. The van der Waals surface area contributed by atoms with E-state index in [4.69, 9.17) is 0 Å². The highest BCUT2D eigenvalue weighted by molar-refractivity contribution is 9.09. The van der Waals surface area contributed by atoms with Crippen LogP contribution in [-0.4, -0.2) is 97.7 Å². The molecule has 0 aromatic rings. The summed E-state index contributed by atoms with van der Waals surface area (Å²) < 4.78 is -0.699. The lowest BCUT2D eigenvalue weighted by Crippen LogP contribution is -2.58. The molecule has 3 heterocycles. The second kappa shape index (κ2) is 11.8. The molecule has 0 aromatic carbocycles. The van der Waals surface area contributed by atoms with Crippen molar-refractivity contribution in [3.8, 4) is 0 Å². The molecule has 1 spiro atoms. The highest BCUT2D eigenvalue weighted by atomic mass is 79.9. The Morgan fingerprint density at radius 1 is 1.26 bits per heavy atom. The Balaban J connectivity index is 2.07. The third-order valence-corrected chi connectivity index (χ3v) is 11.0. The van der Waals surface area contributed by atoms with Gasteiger partial charge in [-0.05, 0) is 19.3 Å². The van der Waals surface area contributed by atoms with Gasteiger partial charge in [-0.25, -0.2) is 0 Å². The Labute approximate surface area is 222 Å². The number of fused-ring (bicyclic) bond motifs is 1. The first-order valence-electron chi connectivity index (χ1n) is 12.7. The van der Waals surface area contributed by atoms with Crippen molar-refractivity contribution in [1.82, 2.24) is 14.7 Å². The van der Waals surface area contributed by atoms with E-state index in [1.54, 1.807) is 40.8 Å². The average molecular weight is 571 g/mol. The van der Waals surface area contributed by atoms with Crippen LogP contribution in [0.2, 0.25) is 0 Å². The van der Waals surface area contributed by atoms with E-state index in [2.05, 4.69) is 36.0 Å². The molecule has 3 fully saturated rings. The van der Waals surface area contributed by atoms with Gasteiger partial charge in [0, 0.05) is 36.8 Å². The van der Waals surface area contributed by atoms with Crippen LogP contribution < -0.4 is 0 Å². The molecule has 0 saturated carbocycles. The molecule has 3 amide bonds. The first-order chi connectivity index (χ1) is 16.7. The number of aliphatic hydroxyl groups is 1. The molecule has 35 heavy (non-hydrogen) atoms. The van der Waals surface area contributed by atoms with Crippen molar-refractivity contribution < 1.29 is 19.5 Å². The summed E-state index contributed by atoms with van der Waals surface area (Å²) in [5.74, 6) is -1.44. The number of likely N-dealkylation sites (N-methyl/N-ethyl adjacent to an activating group) is 1. The minimum Gasteiger partial charge on any atom is -0.394 e. The molecule has 3 unspecified atom stereocenters. The number of rotatable bonds is 13. The first-order valence-corrected chi connectivity index (χ1v) is 14.5. The van der Waals surface area contributed by atoms with Crippen LogP contribution in [0.15, 0.2) is 25.3 Å². The second-order valence-corrected chi connectivity index (χ2v) is 12.7. The molecule has 3 saturated heterocycles. The zero-order valence-electron chi connectivity index (χ0n) is 21.2. The molecule has 196 valence electrons. The van der Waals surface area contributed by atoms with Crippen molar-refractivity contribution in [3.05, 3.63) is 25.3 Å². The maximum absolute atomic E-state index is 14.2. The second-order valence-electron chi connectivity index (χ2n) is 9.94. The van der Waals surface area contributed by atoms with Gasteiger partial charge >= 0.3 is 0 Å². The summed E-state index contributed by atoms with van der Waals surface area (Å²) in [6.07, 6.45) is 7.52. The first kappa shape index (κ1) is 28.3. The van der Waals surface area contributed by atoms with E-state index in [1.807, 2.05) is 11.8 Å². The standard InChI is InChI=1S/C26H40BrN3O4S/c1-6-10-11-14-29(13-8-3)25(34)22-26-15-18(27)21(35-26)19(23(32)28(5)12-7-2)20(26)24(33)30(22)17(9-4)16-31/h7-8,17-22,31H,2-3,6,9-16H2,1,4-5H3/t17-,18?,19-,20-,21-,22?,26?/m0/s1. The van der Waals surface area contributed by atoms with Crippen LogP contribution in [0.4, 0.5) is 0 Å². The third kappa shape index (κ3) is 4.85. The van der Waals surface area contributed by atoms with Crippen molar-refractivity contribution in [3.63, 3.8) is 0 Å². The molecule has 3 aliphatic heterocycles. The Bertz CT molecular complexity index is 837. The van der Waals surface area contributed by atoms with Gasteiger partial charge in [-0.1, -0.05) is 54.8 Å². The van der Waals surface area contributed by atoms with Gasteiger partial charge in [0.25, 0.3) is 0 Å². The van der Waals surface area contributed by atoms with Gasteiger partial charge in [-0.2, -0.15) is 0 Å². The summed E-state index contributed by atoms with van der Waals surface area (Å²) in [4.78, 5) is 47.0. The van der Waals surface area contributed by atoms with Gasteiger partial charge in [0.05, 0.1) is 29.2 Å². The number of hydrogen-bond donors (Lipinski definition) is 1. The highest BCUT2D eigenvalue weighted by Crippen LogP contribution is 2.68. The highest BCUT2D eigenvalue weighted by Gasteiger charge is 2.76. The summed E-state index contributed by atoms with van der Waals surface area (Å²) in [6, 6.07) is -1.18. The predicted octanol–water partition coefficient (Wildman–Crippen LogP) is 3.07. The summed E-state index contributed by atoms with van der Waals surface area (Å²) in [5.41, 5.74) is 0. The SMILES string of the molecule is C=CCN(C)C(=O)[C@H]1[C@H]2C(=O)N([C@@H](CC)CO)C(C(=O)N(CC=C)CCCCC)C23CC(Br)[C@@H]1S3. The molecular weight excluding hydrogens is 530 g/mol. The number of thioether (sulfide) groups is 1. The van der Waals surface area contributed by atoms with Crippen molar-refractivity contribution in [2.24, 2.45) is 11.8 Å². The van der Waals surface area contributed by atoms with Gasteiger partial charge in [0.15, 0.2) is 0 Å². The molecular formula is C26H40BrN3O4S. The van der Waals surface area contributed by atoms with E-state index in [1.165, 1.54) is 0 Å². The Morgan fingerprint density at radius 2 is 1.94 bits per heavy atom. The topological polar surface area (TPSA) is 81.2 Å². The van der Waals surface area contributed by atoms with E-state index in [0.717, 1.165) is 19.3 Å². The molecule has 0 aliphatic carbocycles. The quantitative estimate of drug-likeness (QED) is 0.209.